The van der Waals surface area contributed by atoms with Crippen LogP contribution in [0.1, 0.15) is 47.2 Å². The highest BCUT2D eigenvalue weighted by molar-refractivity contribution is 5.95. The molecule has 0 aromatic heterocycles. The molecule has 0 saturated heterocycles. The van der Waals surface area contributed by atoms with Crippen LogP contribution in [-0.2, 0) is 10.8 Å². The van der Waals surface area contributed by atoms with Gasteiger partial charge >= 0.3 is 0 Å². The van der Waals surface area contributed by atoms with Gasteiger partial charge in [-0.2, -0.15) is 0 Å². The van der Waals surface area contributed by atoms with Crippen molar-refractivity contribution in [2.45, 2.75) is 24.7 Å². The van der Waals surface area contributed by atoms with Gasteiger partial charge in [-0.1, -0.05) is 190 Å². The van der Waals surface area contributed by atoms with Gasteiger partial charge in [0.25, 0.3) is 0 Å². The van der Waals surface area contributed by atoms with Crippen LogP contribution in [0.15, 0.2) is 212 Å². The van der Waals surface area contributed by atoms with E-state index in [1.807, 2.05) is 0 Å². The zero-order valence-electron chi connectivity index (χ0n) is 33.6. The molecule has 1 atom stereocenters. The van der Waals surface area contributed by atoms with Crippen molar-refractivity contribution in [2.24, 2.45) is 0 Å². The molecule has 1 aliphatic heterocycles. The van der Waals surface area contributed by atoms with Crippen LogP contribution in [0.3, 0.4) is 0 Å². The fourth-order valence-electron chi connectivity index (χ4n) is 10.7. The summed E-state index contributed by atoms with van der Waals surface area (Å²) in [5, 5.41) is 0. The predicted octanol–water partition coefficient (Wildman–Crippen LogP) is 15.3. The number of nitrogens with zero attached hydrogens (tertiary/aromatic N) is 1. The second-order valence-electron chi connectivity index (χ2n) is 16.8. The van der Waals surface area contributed by atoms with E-state index in [2.05, 4.69) is 231 Å². The lowest BCUT2D eigenvalue weighted by molar-refractivity contribution is 0.438. The molecule has 2 heteroatoms. The quantitative estimate of drug-likeness (QED) is 0.173. The minimum absolute atomic E-state index is 0.151. The SMILES string of the molecule is CC1(C)c2ccccc2-c2ccc(N(c3ccc4c(c3)C3(c5ccccc5Oc5c(-c6ccccc6)cccc53)c3ccccc3-4)c3ccccc3-c3ccccc3)cc21. The maximum atomic E-state index is 7.04. The number of rotatable bonds is 5. The first kappa shape index (κ1) is 34.6. The second kappa shape index (κ2) is 13.0. The summed E-state index contributed by atoms with van der Waals surface area (Å²) in [4.78, 5) is 2.49. The van der Waals surface area contributed by atoms with E-state index in [9.17, 15) is 0 Å². The van der Waals surface area contributed by atoms with Crippen molar-refractivity contribution < 1.29 is 4.74 Å². The van der Waals surface area contributed by atoms with Crippen molar-refractivity contribution >= 4 is 17.1 Å². The standard InChI is InChI=1S/C58H41NO/c1-57(2)48-26-12-9-23-44(48)46-34-32-40(36-52(46)57)59(54-30-15-11-22-42(54)38-18-5-3-6-19-38)41-33-35-47-45-24-10-13-27-49(45)58(53(47)37-41)50-28-14-16-31-55(50)60-56-43(25-17-29-51(56)58)39-20-7-4-8-21-39/h3-37H,1-2H3. The van der Waals surface area contributed by atoms with Gasteiger partial charge in [-0.05, 0) is 92.0 Å². The number of hydrogen-bond acceptors (Lipinski definition) is 2. The van der Waals surface area contributed by atoms with E-state index in [0.29, 0.717) is 0 Å². The molecular weight excluding hydrogens is 727 g/mol. The van der Waals surface area contributed by atoms with Crippen LogP contribution in [0.5, 0.6) is 11.5 Å². The van der Waals surface area contributed by atoms with E-state index in [-0.39, 0.29) is 5.41 Å². The third kappa shape index (κ3) is 4.82. The molecule has 0 amide bonds. The molecule has 1 spiro atoms. The minimum Gasteiger partial charge on any atom is -0.456 e. The van der Waals surface area contributed by atoms with Gasteiger partial charge < -0.3 is 9.64 Å². The maximum absolute atomic E-state index is 7.04. The summed E-state index contributed by atoms with van der Waals surface area (Å²) >= 11 is 0. The fraction of sp³-hybridized carbons (Fsp3) is 0.0690. The van der Waals surface area contributed by atoms with Gasteiger partial charge in [0.15, 0.2) is 0 Å². The molecule has 60 heavy (non-hydrogen) atoms. The molecule has 0 fully saturated rings. The molecule has 9 aromatic carbocycles. The number of ether oxygens (including phenoxy) is 1. The lowest BCUT2D eigenvalue weighted by Crippen LogP contribution is -2.32. The molecule has 0 bridgehead atoms. The Balaban J connectivity index is 1.15. The Labute approximate surface area is 351 Å². The van der Waals surface area contributed by atoms with Crippen molar-refractivity contribution in [2.75, 3.05) is 4.90 Å². The van der Waals surface area contributed by atoms with Gasteiger partial charge in [0.05, 0.1) is 11.1 Å². The minimum atomic E-state index is -0.636. The van der Waals surface area contributed by atoms with Gasteiger partial charge in [0.1, 0.15) is 11.5 Å². The van der Waals surface area contributed by atoms with E-state index in [1.54, 1.807) is 0 Å². The average molecular weight is 768 g/mol. The van der Waals surface area contributed by atoms with Crippen molar-refractivity contribution in [3.8, 4) is 56.0 Å². The summed E-state index contributed by atoms with van der Waals surface area (Å²) in [6.45, 7) is 4.73. The lowest BCUT2D eigenvalue weighted by Gasteiger charge is -2.40. The smallest absolute Gasteiger partial charge is 0.140 e. The molecule has 9 aromatic rings. The summed E-state index contributed by atoms with van der Waals surface area (Å²) in [5.74, 6) is 1.79. The number of anilines is 3. The zero-order valence-corrected chi connectivity index (χ0v) is 33.6. The molecule has 0 N–H and O–H groups in total. The van der Waals surface area contributed by atoms with Crippen molar-refractivity contribution in [3.05, 3.63) is 246 Å². The van der Waals surface area contributed by atoms with Crippen LogP contribution < -0.4 is 9.64 Å². The molecule has 284 valence electrons. The molecule has 12 rings (SSSR count). The Morgan fingerprint density at radius 2 is 0.833 bits per heavy atom. The molecule has 1 unspecified atom stereocenters. The molecule has 2 aliphatic carbocycles. The number of benzene rings is 9. The summed E-state index contributed by atoms with van der Waals surface area (Å²) in [6.07, 6.45) is 0. The monoisotopic (exact) mass is 767 g/mol. The molecule has 2 nitrogen and oxygen atoms in total. The Morgan fingerprint density at radius 1 is 0.350 bits per heavy atom. The van der Waals surface area contributed by atoms with E-state index in [1.165, 1.54) is 55.6 Å². The number of fused-ring (bicyclic) bond motifs is 12. The van der Waals surface area contributed by atoms with Gasteiger partial charge in [-0.3, -0.25) is 0 Å². The maximum Gasteiger partial charge on any atom is 0.140 e. The van der Waals surface area contributed by atoms with E-state index in [4.69, 9.17) is 4.74 Å². The average Bonchev–Trinajstić information content (AvgIpc) is 3.72. The molecule has 0 saturated carbocycles. The van der Waals surface area contributed by atoms with Crippen LogP contribution in [0, 0.1) is 0 Å². The van der Waals surface area contributed by atoms with Crippen LogP contribution in [0.25, 0.3) is 44.5 Å². The Kier molecular flexibility index (Phi) is 7.52. The Hall–Kier alpha value is -7.42. The van der Waals surface area contributed by atoms with Crippen LogP contribution in [-0.4, -0.2) is 0 Å². The number of para-hydroxylation sites is 3. The third-order valence-corrected chi connectivity index (χ3v) is 13.3. The lowest BCUT2D eigenvalue weighted by atomic mass is 9.65. The first-order valence-corrected chi connectivity index (χ1v) is 20.9. The highest BCUT2D eigenvalue weighted by atomic mass is 16.5. The second-order valence-corrected chi connectivity index (χ2v) is 16.8. The Bertz CT molecular complexity index is 3160. The first-order valence-electron chi connectivity index (χ1n) is 20.9. The van der Waals surface area contributed by atoms with E-state index in [0.717, 1.165) is 50.8 Å². The van der Waals surface area contributed by atoms with Gasteiger partial charge in [0.2, 0.25) is 0 Å². The van der Waals surface area contributed by atoms with Gasteiger partial charge in [-0.25, -0.2) is 0 Å². The van der Waals surface area contributed by atoms with E-state index < -0.39 is 5.41 Å². The molecule has 3 aliphatic rings. The highest BCUT2D eigenvalue weighted by Crippen LogP contribution is 2.64. The van der Waals surface area contributed by atoms with Crippen molar-refractivity contribution in [3.63, 3.8) is 0 Å². The van der Waals surface area contributed by atoms with Gasteiger partial charge in [0, 0.05) is 39.0 Å². The highest BCUT2D eigenvalue weighted by Gasteiger charge is 2.52. The molecule has 0 radical (unpaired) electrons. The Morgan fingerprint density at radius 3 is 1.55 bits per heavy atom. The summed E-state index contributed by atoms with van der Waals surface area (Å²) in [5.41, 5.74) is 19.8. The van der Waals surface area contributed by atoms with Crippen molar-refractivity contribution in [1.29, 1.82) is 0 Å². The summed E-state index contributed by atoms with van der Waals surface area (Å²) in [6, 6.07) is 77.8. The number of hydrogen-bond donors (Lipinski definition) is 0. The molecular formula is C58H41NO. The van der Waals surface area contributed by atoms with Crippen LogP contribution >= 0.6 is 0 Å². The topological polar surface area (TPSA) is 12.5 Å². The first-order chi connectivity index (χ1) is 29.5. The zero-order chi connectivity index (χ0) is 40.0. The summed E-state index contributed by atoms with van der Waals surface area (Å²) < 4.78 is 7.04. The van der Waals surface area contributed by atoms with Crippen LogP contribution in [0.2, 0.25) is 0 Å². The van der Waals surface area contributed by atoms with Gasteiger partial charge in [-0.15, -0.1) is 0 Å². The largest absolute Gasteiger partial charge is 0.456 e. The third-order valence-electron chi connectivity index (χ3n) is 13.3. The van der Waals surface area contributed by atoms with E-state index >= 15 is 0 Å². The van der Waals surface area contributed by atoms with Crippen LogP contribution in [0.4, 0.5) is 17.1 Å². The molecule has 1 heterocycles. The normalized spacial score (nSPS) is 15.8. The summed E-state index contributed by atoms with van der Waals surface area (Å²) in [7, 11) is 0. The van der Waals surface area contributed by atoms with Crippen molar-refractivity contribution in [1.82, 2.24) is 0 Å². The predicted molar refractivity (Wildman–Crippen MR) is 247 cm³/mol. The fourth-order valence-corrected chi connectivity index (χ4v) is 10.7.